The van der Waals surface area contributed by atoms with E-state index < -0.39 is 0 Å². The van der Waals surface area contributed by atoms with Crippen LogP contribution in [-0.2, 0) is 0 Å². The smallest absolute Gasteiger partial charge is 0.199 e. The lowest BCUT2D eigenvalue weighted by molar-refractivity contribution is 0.864. The molecule has 0 unspecified atom stereocenters. The molecule has 2 aromatic rings. The van der Waals surface area contributed by atoms with Crippen molar-refractivity contribution in [1.29, 1.82) is 0 Å². The Morgan fingerprint density at radius 3 is 2.82 bits per heavy atom. The van der Waals surface area contributed by atoms with Gasteiger partial charge in [-0.15, -0.1) is 0 Å². The molecular weight excluding hydrogens is 230 g/mol. The minimum Gasteiger partial charge on any atom is -0.272 e. The molecule has 4 heteroatoms. The van der Waals surface area contributed by atoms with Gasteiger partial charge in [-0.3, -0.25) is 9.67 Å². The molecule has 1 aromatic carbocycles. The Labute approximate surface area is 105 Å². The third kappa shape index (κ3) is 1.82. The molecule has 0 spiro atoms. The summed E-state index contributed by atoms with van der Waals surface area (Å²) in [6, 6.07) is 6.43. The standard InChI is InChI=1S/C13H15N3S/c1-8-3-4-9(2)11(7-8)16-12(10-5-6-10)14-15-13(16)17/h3-4,7,10H,5-6H2,1-2H3,(H,15,17). The lowest BCUT2D eigenvalue weighted by atomic mass is 10.1. The van der Waals surface area contributed by atoms with E-state index in [2.05, 4.69) is 46.8 Å². The van der Waals surface area contributed by atoms with Crippen molar-refractivity contribution in [3.05, 3.63) is 39.9 Å². The predicted molar refractivity (Wildman–Crippen MR) is 70.2 cm³/mol. The summed E-state index contributed by atoms with van der Waals surface area (Å²) < 4.78 is 2.79. The van der Waals surface area contributed by atoms with Crippen LogP contribution in [0, 0.1) is 18.6 Å². The highest BCUT2D eigenvalue weighted by atomic mass is 32.1. The number of nitrogens with one attached hydrogen (secondary N) is 1. The summed E-state index contributed by atoms with van der Waals surface area (Å²) in [5, 5.41) is 7.29. The number of aromatic nitrogens is 3. The van der Waals surface area contributed by atoms with E-state index >= 15 is 0 Å². The highest BCUT2D eigenvalue weighted by Crippen LogP contribution is 2.40. The molecule has 0 aliphatic heterocycles. The van der Waals surface area contributed by atoms with E-state index in [1.807, 2.05) is 0 Å². The normalized spacial score (nSPS) is 15.2. The highest BCUT2D eigenvalue weighted by Gasteiger charge is 2.29. The zero-order chi connectivity index (χ0) is 12.0. The number of rotatable bonds is 2. The maximum absolute atomic E-state index is 5.35. The second-order valence-electron chi connectivity index (χ2n) is 4.79. The van der Waals surface area contributed by atoms with Crippen molar-refractivity contribution in [2.24, 2.45) is 0 Å². The first-order valence-electron chi connectivity index (χ1n) is 5.92. The van der Waals surface area contributed by atoms with Crippen molar-refractivity contribution >= 4 is 12.2 Å². The van der Waals surface area contributed by atoms with Crippen LogP contribution in [0.15, 0.2) is 18.2 Å². The van der Waals surface area contributed by atoms with Crippen LogP contribution in [0.25, 0.3) is 5.69 Å². The van der Waals surface area contributed by atoms with Gasteiger partial charge in [-0.2, -0.15) is 5.10 Å². The number of nitrogens with zero attached hydrogens (tertiary/aromatic N) is 2. The van der Waals surface area contributed by atoms with Gasteiger partial charge in [0.05, 0.1) is 5.69 Å². The quantitative estimate of drug-likeness (QED) is 0.822. The molecule has 1 saturated carbocycles. The molecule has 0 amide bonds. The molecule has 0 radical (unpaired) electrons. The van der Waals surface area contributed by atoms with Crippen LogP contribution in [0.1, 0.15) is 35.7 Å². The van der Waals surface area contributed by atoms with Crippen LogP contribution in [0.2, 0.25) is 0 Å². The van der Waals surface area contributed by atoms with Crippen LogP contribution in [-0.4, -0.2) is 14.8 Å². The Balaban J connectivity index is 2.23. The van der Waals surface area contributed by atoms with Crippen molar-refractivity contribution in [2.75, 3.05) is 0 Å². The fourth-order valence-electron chi connectivity index (χ4n) is 2.12. The van der Waals surface area contributed by atoms with Crippen molar-refractivity contribution < 1.29 is 0 Å². The topological polar surface area (TPSA) is 33.6 Å². The van der Waals surface area contributed by atoms with Gasteiger partial charge in [-0.1, -0.05) is 12.1 Å². The zero-order valence-electron chi connectivity index (χ0n) is 10.0. The zero-order valence-corrected chi connectivity index (χ0v) is 10.8. The van der Waals surface area contributed by atoms with Crippen LogP contribution in [0.3, 0.4) is 0 Å². The van der Waals surface area contributed by atoms with Gasteiger partial charge >= 0.3 is 0 Å². The van der Waals surface area contributed by atoms with Gasteiger partial charge in [0.15, 0.2) is 4.77 Å². The Morgan fingerprint density at radius 1 is 1.35 bits per heavy atom. The Hall–Kier alpha value is -1.42. The molecule has 1 aliphatic carbocycles. The first-order chi connectivity index (χ1) is 8.16. The van der Waals surface area contributed by atoms with Gasteiger partial charge < -0.3 is 0 Å². The van der Waals surface area contributed by atoms with Crippen molar-refractivity contribution in [2.45, 2.75) is 32.6 Å². The van der Waals surface area contributed by atoms with Crippen LogP contribution in [0.5, 0.6) is 0 Å². The molecule has 0 saturated heterocycles. The highest BCUT2D eigenvalue weighted by molar-refractivity contribution is 7.71. The van der Waals surface area contributed by atoms with E-state index in [1.54, 1.807) is 0 Å². The summed E-state index contributed by atoms with van der Waals surface area (Å²) in [5.74, 6) is 1.67. The number of H-pyrrole nitrogens is 1. The molecule has 0 bridgehead atoms. The largest absolute Gasteiger partial charge is 0.272 e. The molecule has 1 N–H and O–H groups in total. The van der Waals surface area contributed by atoms with Gasteiger partial charge in [0.25, 0.3) is 0 Å². The van der Waals surface area contributed by atoms with E-state index in [0.717, 1.165) is 11.5 Å². The second-order valence-corrected chi connectivity index (χ2v) is 5.17. The summed E-state index contributed by atoms with van der Waals surface area (Å²) in [6.45, 7) is 4.21. The lowest BCUT2D eigenvalue weighted by Crippen LogP contribution is -2.02. The monoisotopic (exact) mass is 245 g/mol. The second kappa shape index (κ2) is 3.81. The number of aromatic amines is 1. The Morgan fingerprint density at radius 2 is 2.12 bits per heavy atom. The van der Waals surface area contributed by atoms with E-state index in [0.29, 0.717) is 10.7 Å². The molecular formula is C13H15N3S. The van der Waals surface area contributed by atoms with Crippen molar-refractivity contribution in [1.82, 2.24) is 14.8 Å². The first-order valence-corrected chi connectivity index (χ1v) is 6.32. The first kappa shape index (κ1) is 10.7. The predicted octanol–water partition coefficient (Wildman–Crippen LogP) is 3.42. The molecule has 1 heterocycles. The Kier molecular flexibility index (Phi) is 2.40. The minimum absolute atomic E-state index is 0.586. The van der Waals surface area contributed by atoms with Gasteiger partial charge in [0.2, 0.25) is 0 Å². The fourth-order valence-corrected chi connectivity index (χ4v) is 2.36. The summed E-state index contributed by atoms with van der Waals surface area (Å²) in [5.41, 5.74) is 3.64. The van der Waals surface area contributed by atoms with E-state index in [9.17, 15) is 0 Å². The maximum Gasteiger partial charge on any atom is 0.199 e. The molecule has 1 aromatic heterocycles. The summed E-state index contributed by atoms with van der Waals surface area (Å²) in [7, 11) is 0. The molecule has 1 fully saturated rings. The number of benzene rings is 1. The SMILES string of the molecule is Cc1ccc(C)c(-n2c(C3CC3)n[nH]c2=S)c1. The van der Waals surface area contributed by atoms with Crippen LogP contribution >= 0.6 is 12.2 Å². The van der Waals surface area contributed by atoms with Gasteiger partial charge in [0.1, 0.15) is 5.82 Å². The van der Waals surface area contributed by atoms with Crippen molar-refractivity contribution in [3.8, 4) is 5.69 Å². The van der Waals surface area contributed by atoms with E-state index in [4.69, 9.17) is 12.2 Å². The number of aryl methyl sites for hydroxylation is 2. The van der Waals surface area contributed by atoms with Crippen molar-refractivity contribution in [3.63, 3.8) is 0 Å². The summed E-state index contributed by atoms with van der Waals surface area (Å²) >= 11 is 5.35. The molecule has 1 aliphatic rings. The molecule has 17 heavy (non-hydrogen) atoms. The lowest BCUT2D eigenvalue weighted by Gasteiger charge is -2.10. The number of hydrogen-bond donors (Lipinski definition) is 1. The van der Waals surface area contributed by atoms with Gasteiger partial charge in [-0.05, 0) is 56.1 Å². The summed E-state index contributed by atoms with van der Waals surface area (Å²) in [4.78, 5) is 0. The van der Waals surface area contributed by atoms with Gasteiger partial charge in [0, 0.05) is 5.92 Å². The third-order valence-corrected chi connectivity index (χ3v) is 3.52. The average Bonchev–Trinajstić information content (AvgIpc) is 3.07. The third-order valence-electron chi connectivity index (χ3n) is 3.25. The molecule has 3 rings (SSSR count). The molecule has 3 nitrogen and oxygen atoms in total. The molecule has 88 valence electrons. The summed E-state index contributed by atoms with van der Waals surface area (Å²) in [6.07, 6.45) is 2.45. The van der Waals surface area contributed by atoms with Crippen LogP contribution in [0.4, 0.5) is 0 Å². The fraction of sp³-hybridized carbons (Fsp3) is 0.385. The minimum atomic E-state index is 0.586. The molecule has 0 atom stereocenters. The maximum atomic E-state index is 5.35. The van der Waals surface area contributed by atoms with Crippen LogP contribution < -0.4 is 0 Å². The van der Waals surface area contributed by atoms with Gasteiger partial charge in [-0.25, -0.2) is 0 Å². The Bertz CT molecular complexity index is 620. The number of hydrogen-bond acceptors (Lipinski definition) is 2. The van der Waals surface area contributed by atoms with E-state index in [-0.39, 0.29) is 0 Å². The average molecular weight is 245 g/mol. The van der Waals surface area contributed by atoms with E-state index in [1.165, 1.54) is 24.0 Å².